The van der Waals surface area contributed by atoms with Crippen LogP contribution in [-0.2, 0) is 4.74 Å². The average molecular weight is 288 g/mol. The van der Waals surface area contributed by atoms with Gasteiger partial charge in [0.15, 0.2) is 0 Å². The SMILES string of the molecule is COCCN(CCO)c1c(C(=N)N)cnc2ccccc12. The monoisotopic (exact) mass is 288 g/mol. The molecule has 2 aromatic rings. The third-order valence-corrected chi connectivity index (χ3v) is 3.29. The number of ether oxygens (including phenoxy) is 1. The minimum absolute atomic E-state index is 0.0116. The topological polar surface area (TPSA) is 95.5 Å². The molecule has 0 radical (unpaired) electrons. The van der Waals surface area contributed by atoms with Crippen LogP contribution in [0.4, 0.5) is 5.69 Å². The van der Waals surface area contributed by atoms with Crippen LogP contribution in [0.1, 0.15) is 5.56 Å². The smallest absolute Gasteiger partial charge is 0.126 e. The highest BCUT2D eigenvalue weighted by Crippen LogP contribution is 2.29. The number of para-hydroxylation sites is 1. The average Bonchev–Trinajstić information content (AvgIpc) is 2.50. The Bertz CT molecular complexity index is 630. The fourth-order valence-corrected chi connectivity index (χ4v) is 2.32. The van der Waals surface area contributed by atoms with Crippen LogP contribution in [-0.4, -0.2) is 49.3 Å². The molecule has 1 aromatic heterocycles. The Morgan fingerprint density at radius 3 is 2.81 bits per heavy atom. The highest BCUT2D eigenvalue weighted by Gasteiger charge is 2.17. The number of fused-ring (bicyclic) bond motifs is 1. The molecule has 0 spiro atoms. The van der Waals surface area contributed by atoms with E-state index in [0.717, 1.165) is 16.6 Å². The third kappa shape index (κ3) is 3.29. The summed E-state index contributed by atoms with van der Waals surface area (Å²) < 4.78 is 5.13. The zero-order chi connectivity index (χ0) is 15.2. The molecule has 6 nitrogen and oxygen atoms in total. The summed E-state index contributed by atoms with van der Waals surface area (Å²) >= 11 is 0. The van der Waals surface area contributed by atoms with Crippen LogP contribution in [0.15, 0.2) is 30.5 Å². The summed E-state index contributed by atoms with van der Waals surface area (Å²) in [6.45, 7) is 1.58. The van der Waals surface area contributed by atoms with Gasteiger partial charge in [-0.15, -0.1) is 0 Å². The van der Waals surface area contributed by atoms with Crippen LogP contribution in [0.2, 0.25) is 0 Å². The molecule has 0 fully saturated rings. The summed E-state index contributed by atoms with van der Waals surface area (Å²) in [4.78, 5) is 6.32. The molecule has 1 aromatic carbocycles. The number of nitrogens with two attached hydrogens (primary N) is 1. The molecule has 0 amide bonds. The van der Waals surface area contributed by atoms with Crippen molar-refractivity contribution < 1.29 is 9.84 Å². The first-order valence-electron chi connectivity index (χ1n) is 6.76. The van der Waals surface area contributed by atoms with Gasteiger partial charge in [-0.1, -0.05) is 18.2 Å². The maximum Gasteiger partial charge on any atom is 0.126 e. The molecule has 6 heteroatoms. The Kier molecular flexibility index (Phi) is 5.08. The highest BCUT2D eigenvalue weighted by molar-refractivity contribution is 6.07. The van der Waals surface area contributed by atoms with Crippen molar-refractivity contribution >= 4 is 22.4 Å². The van der Waals surface area contributed by atoms with Crippen molar-refractivity contribution in [3.8, 4) is 0 Å². The molecule has 0 aliphatic heterocycles. The number of aliphatic hydroxyl groups is 1. The quantitative estimate of drug-likeness (QED) is 0.521. The van der Waals surface area contributed by atoms with Crippen molar-refractivity contribution in [2.75, 3.05) is 38.3 Å². The zero-order valence-electron chi connectivity index (χ0n) is 12.0. The number of methoxy groups -OCH3 is 1. The summed E-state index contributed by atoms with van der Waals surface area (Å²) in [5, 5.41) is 18.0. The van der Waals surface area contributed by atoms with Gasteiger partial charge in [-0.25, -0.2) is 0 Å². The number of anilines is 1. The van der Waals surface area contributed by atoms with E-state index in [2.05, 4.69) is 4.98 Å². The van der Waals surface area contributed by atoms with Gasteiger partial charge >= 0.3 is 0 Å². The van der Waals surface area contributed by atoms with Gasteiger partial charge in [0.05, 0.1) is 30.0 Å². The van der Waals surface area contributed by atoms with E-state index in [1.807, 2.05) is 29.2 Å². The number of hydrogen-bond acceptors (Lipinski definition) is 5. The molecule has 0 saturated heterocycles. The lowest BCUT2D eigenvalue weighted by Gasteiger charge is -2.27. The van der Waals surface area contributed by atoms with E-state index >= 15 is 0 Å². The number of pyridine rings is 1. The second-order valence-corrected chi connectivity index (χ2v) is 4.65. The normalized spacial score (nSPS) is 10.8. The minimum atomic E-state index is -0.0383. The van der Waals surface area contributed by atoms with E-state index in [0.29, 0.717) is 25.3 Å². The van der Waals surface area contributed by atoms with Gasteiger partial charge in [-0.3, -0.25) is 10.4 Å². The number of nitrogens with zero attached hydrogens (tertiary/aromatic N) is 2. The molecule has 4 N–H and O–H groups in total. The standard InChI is InChI=1S/C15H20N4O2/c1-21-9-7-19(6-8-20)14-11-4-2-3-5-13(11)18-10-12(14)15(16)17/h2-5,10,20H,6-9H2,1H3,(H3,16,17). The van der Waals surface area contributed by atoms with E-state index in [4.69, 9.17) is 15.9 Å². The molecule has 0 aliphatic carbocycles. The molecule has 21 heavy (non-hydrogen) atoms. The molecule has 0 unspecified atom stereocenters. The lowest BCUT2D eigenvalue weighted by molar-refractivity contribution is 0.203. The maximum absolute atomic E-state index is 9.32. The first-order chi connectivity index (χ1) is 10.2. The van der Waals surface area contributed by atoms with E-state index in [9.17, 15) is 5.11 Å². The predicted octanol–water partition coefficient (Wildman–Crippen LogP) is 0.964. The van der Waals surface area contributed by atoms with E-state index in [1.54, 1.807) is 13.3 Å². The van der Waals surface area contributed by atoms with Crippen molar-refractivity contribution in [3.05, 3.63) is 36.0 Å². The zero-order valence-corrected chi connectivity index (χ0v) is 12.0. The van der Waals surface area contributed by atoms with Gasteiger partial charge in [0.2, 0.25) is 0 Å². The third-order valence-electron chi connectivity index (χ3n) is 3.29. The van der Waals surface area contributed by atoms with E-state index in [-0.39, 0.29) is 12.4 Å². The summed E-state index contributed by atoms with van der Waals surface area (Å²) in [5.74, 6) is -0.0383. The van der Waals surface area contributed by atoms with Crippen LogP contribution in [0.3, 0.4) is 0 Å². The second-order valence-electron chi connectivity index (χ2n) is 4.65. The number of rotatable bonds is 7. The summed E-state index contributed by atoms with van der Waals surface area (Å²) in [7, 11) is 1.63. The number of nitrogens with one attached hydrogen (secondary N) is 1. The van der Waals surface area contributed by atoms with Gasteiger partial charge in [0.25, 0.3) is 0 Å². The largest absolute Gasteiger partial charge is 0.395 e. The maximum atomic E-state index is 9.32. The summed E-state index contributed by atoms with van der Waals surface area (Å²) in [6, 6.07) is 7.69. The van der Waals surface area contributed by atoms with Crippen molar-refractivity contribution in [3.63, 3.8) is 0 Å². The first-order valence-corrected chi connectivity index (χ1v) is 6.76. The number of hydrogen-bond donors (Lipinski definition) is 3. The number of aliphatic hydroxyl groups excluding tert-OH is 1. The molecule has 0 bridgehead atoms. The second kappa shape index (κ2) is 7.01. The molecule has 2 rings (SSSR count). The van der Waals surface area contributed by atoms with Gasteiger partial charge in [-0.2, -0.15) is 0 Å². The van der Waals surface area contributed by atoms with Gasteiger partial charge in [0, 0.05) is 31.8 Å². The fraction of sp³-hybridized carbons (Fsp3) is 0.333. The van der Waals surface area contributed by atoms with Crippen LogP contribution < -0.4 is 10.6 Å². The number of aromatic nitrogens is 1. The van der Waals surface area contributed by atoms with Crippen molar-refractivity contribution in [2.24, 2.45) is 5.73 Å². The van der Waals surface area contributed by atoms with Crippen LogP contribution in [0.25, 0.3) is 10.9 Å². The molecule has 0 atom stereocenters. The van der Waals surface area contributed by atoms with Crippen LogP contribution in [0, 0.1) is 5.41 Å². The molecule has 1 heterocycles. The molecule has 112 valence electrons. The Morgan fingerprint density at radius 2 is 2.14 bits per heavy atom. The predicted molar refractivity (Wildman–Crippen MR) is 83.9 cm³/mol. The highest BCUT2D eigenvalue weighted by atomic mass is 16.5. The van der Waals surface area contributed by atoms with Crippen molar-refractivity contribution in [1.29, 1.82) is 5.41 Å². The fourth-order valence-electron chi connectivity index (χ4n) is 2.32. The number of nitrogen functional groups attached to an aromatic ring is 1. The Hall–Kier alpha value is -2.18. The molecular weight excluding hydrogens is 268 g/mol. The number of amidine groups is 1. The Morgan fingerprint density at radius 1 is 1.38 bits per heavy atom. The van der Waals surface area contributed by atoms with Crippen LogP contribution in [0.5, 0.6) is 0 Å². The molecule has 0 aliphatic rings. The summed E-state index contributed by atoms with van der Waals surface area (Å²) in [5.41, 5.74) is 7.91. The van der Waals surface area contributed by atoms with Crippen molar-refractivity contribution in [2.45, 2.75) is 0 Å². The minimum Gasteiger partial charge on any atom is -0.395 e. The van der Waals surface area contributed by atoms with E-state index in [1.165, 1.54) is 0 Å². The van der Waals surface area contributed by atoms with Gasteiger partial charge < -0.3 is 20.5 Å². The van der Waals surface area contributed by atoms with Gasteiger partial charge in [0.1, 0.15) is 5.84 Å². The Labute approximate surface area is 123 Å². The van der Waals surface area contributed by atoms with Crippen molar-refractivity contribution in [1.82, 2.24) is 4.98 Å². The van der Waals surface area contributed by atoms with Gasteiger partial charge in [-0.05, 0) is 6.07 Å². The first kappa shape index (κ1) is 15.2. The molecule has 0 saturated carbocycles. The lowest BCUT2D eigenvalue weighted by atomic mass is 10.1. The van der Waals surface area contributed by atoms with E-state index < -0.39 is 0 Å². The lowest BCUT2D eigenvalue weighted by Crippen LogP contribution is -2.32. The Balaban J connectivity index is 2.60. The molecular formula is C15H20N4O2. The van der Waals surface area contributed by atoms with Crippen LogP contribution >= 0.6 is 0 Å². The number of benzene rings is 1. The summed E-state index contributed by atoms with van der Waals surface area (Å²) in [6.07, 6.45) is 1.61.